The van der Waals surface area contributed by atoms with Gasteiger partial charge in [-0.3, -0.25) is 0 Å². The first kappa shape index (κ1) is 16.5. The number of methoxy groups -OCH3 is 1. The summed E-state index contributed by atoms with van der Waals surface area (Å²) >= 11 is 0. The minimum Gasteiger partial charge on any atom is -0.466 e. The third-order valence-electron chi connectivity index (χ3n) is 4.42. The summed E-state index contributed by atoms with van der Waals surface area (Å²) in [7, 11) is 1.35. The van der Waals surface area contributed by atoms with Crippen LogP contribution in [0.2, 0.25) is 0 Å². The molecule has 0 radical (unpaired) electrons. The minimum atomic E-state index is -0.529. The van der Waals surface area contributed by atoms with Crippen LogP contribution >= 0.6 is 0 Å². The van der Waals surface area contributed by atoms with Gasteiger partial charge < -0.3 is 10.1 Å². The molecule has 0 amide bonds. The van der Waals surface area contributed by atoms with Crippen molar-refractivity contribution in [2.75, 3.05) is 12.4 Å². The molecule has 0 bridgehead atoms. The zero-order chi connectivity index (χ0) is 18.8. The minimum absolute atomic E-state index is 0.423. The van der Waals surface area contributed by atoms with Crippen LogP contribution in [0.25, 0.3) is 5.70 Å². The van der Waals surface area contributed by atoms with E-state index in [9.17, 15) is 4.79 Å². The summed E-state index contributed by atoms with van der Waals surface area (Å²) in [5.74, 6) is 0.0627. The van der Waals surface area contributed by atoms with Crippen molar-refractivity contribution in [3.05, 3.63) is 83.2 Å². The van der Waals surface area contributed by atoms with Gasteiger partial charge in [0.05, 0.1) is 30.0 Å². The molecule has 132 valence electrons. The lowest BCUT2D eigenvalue weighted by atomic mass is 9.92. The Balaban J connectivity index is 1.96. The monoisotopic (exact) mass is 357 g/mol. The Hall–Kier alpha value is -3.92. The van der Waals surface area contributed by atoms with E-state index in [-0.39, 0.29) is 0 Å². The van der Waals surface area contributed by atoms with Crippen molar-refractivity contribution in [2.24, 2.45) is 0 Å². The number of carbonyl (C=O) groups excluding carboxylic acids is 1. The Kier molecular flexibility index (Phi) is 4.15. The van der Waals surface area contributed by atoms with Crippen molar-refractivity contribution in [1.29, 1.82) is 5.26 Å². The van der Waals surface area contributed by atoms with E-state index in [4.69, 9.17) is 10.00 Å². The van der Waals surface area contributed by atoms with Gasteiger partial charge in [0.2, 0.25) is 5.95 Å². The molecule has 4 rings (SSSR count). The summed E-state index contributed by atoms with van der Waals surface area (Å²) in [4.78, 5) is 17.0. The molecule has 3 aromatic rings. The van der Waals surface area contributed by atoms with Gasteiger partial charge in [0.25, 0.3) is 0 Å². The first-order valence-corrected chi connectivity index (χ1v) is 8.27. The zero-order valence-corrected chi connectivity index (χ0v) is 14.5. The number of carbonyl (C=O) groups is 1. The van der Waals surface area contributed by atoms with E-state index in [0.717, 1.165) is 11.1 Å². The quantitative estimate of drug-likeness (QED) is 0.725. The third kappa shape index (κ3) is 2.83. The molecule has 0 aliphatic carbocycles. The van der Waals surface area contributed by atoms with E-state index in [1.165, 1.54) is 13.4 Å². The highest BCUT2D eigenvalue weighted by Gasteiger charge is 2.35. The van der Waals surface area contributed by atoms with E-state index in [1.54, 1.807) is 16.8 Å². The lowest BCUT2D eigenvalue weighted by molar-refractivity contribution is -0.136. The van der Waals surface area contributed by atoms with Gasteiger partial charge in [-0.15, -0.1) is 0 Å². The van der Waals surface area contributed by atoms with Gasteiger partial charge in [-0.1, -0.05) is 42.5 Å². The summed E-state index contributed by atoms with van der Waals surface area (Å²) in [6.45, 7) is 0. The largest absolute Gasteiger partial charge is 0.466 e. The van der Waals surface area contributed by atoms with Gasteiger partial charge >= 0.3 is 5.97 Å². The maximum absolute atomic E-state index is 12.8. The fraction of sp³-hybridized carbons (Fsp3) is 0.100. The van der Waals surface area contributed by atoms with Crippen LogP contribution in [-0.2, 0) is 9.53 Å². The smallest absolute Gasteiger partial charge is 0.338 e. The molecule has 2 heterocycles. The SMILES string of the molecule is COC(=O)C1=C(c2ccccc2)Nc2ncnn2[C@H]1c1ccc(C#N)cc1. The number of fused-ring (bicyclic) bond motifs is 1. The molecule has 27 heavy (non-hydrogen) atoms. The normalized spacial score (nSPS) is 15.5. The highest BCUT2D eigenvalue weighted by atomic mass is 16.5. The van der Waals surface area contributed by atoms with Gasteiger partial charge in [-0.05, 0) is 23.3 Å². The van der Waals surface area contributed by atoms with Gasteiger partial charge in [-0.25, -0.2) is 9.48 Å². The van der Waals surface area contributed by atoms with Gasteiger partial charge in [0, 0.05) is 0 Å². The lowest BCUT2D eigenvalue weighted by Crippen LogP contribution is -2.29. The van der Waals surface area contributed by atoms with Crippen molar-refractivity contribution in [2.45, 2.75) is 6.04 Å². The molecular weight excluding hydrogens is 342 g/mol. The summed E-state index contributed by atoms with van der Waals surface area (Å²) < 4.78 is 6.72. The predicted octanol–water partition coefficient (Wildman–Crippen LogP) is 2.75. The number of hydrogen-bond donors (Lipinski definition) is 1. The Bertz CT molecular complexity index is 1060. The number of rotatable bonds is 3. The number of nitrogens with zero attached hydrogens (tertiary/aromatic N) is 4. The van der Waals surface area contributed by atoms with Gasteiger partial charge in [0.15, 0.2) is 0 Å². The number of ether oxygens (including phenoxy) is 1. The first-order chi connectivity index (χ1) is 13.2. The fourth-order valence-corrected chi connectivity index (χ4v) is 3.17. The molecule has 0 fully saturated rings. The standard InChI is InChI=1S/C20H15N5O2/c1-27-19(26)16-17(14-5-3-2-4-6-14)24-20-22-12-23-25(20)18(16)15-9-7-13(11-21)8-10-15/h2-10,12,18H,1H3,(H,22,23,24)/t18-/m0/s1. The van der Waals surface area contributed by atoms with Crippen LogP contribution in [0.5, 0.6) is 0 Å². The second kappa shape index (κ2) is 6.77. The Morgan fingerprint density at radius 3 is 2.59 bits per heavy atom. The average molecular weight is 357 g/mol. The maximum atomic E-state index is 12.8. The third-order valence-corrected chi connectivity index (χ3v) is 4.42. The van der Waals surface area contributed by atoms with E-state index < -0.39 is 12.0 Å². The van der Waals surface area contributed by atoms with E-state index in [2.05, 4.69) is 21.5 Å². The molecule has 1 aliphatic heterocycles. The number of nitriles is 1. The molecule has 0 spiro atoms. The van der Waals surface area contributed by atoms with E-state index >= 15 is 0 Å². The number of esters is 1. The highest BCUT2D eigenvalue weighted by molar-refractivity contribution is 6.02. The molecule has 1 N–H and O–H groups in total. The first-order valence-electron chi connectivity index (χ1n) is 8.27. The second-order valence-electron chi connectivity index (χ2n) is 5.94. The van der Waals surface area contributed by atoms with Crippen LogP contribution in [0, 0.1) is 11.3 Å². The molecule has 2 aromatic carbocycles. The topological polar surface area (TPSA) is 92.8 Å². The molecule has 7 nitrogen and oxygen atoms in total. The molecule has 0 saturated heterocycles. The second-order valence-corrected chi connectivity index (χ2v) is 5.94. The molecule has 1 aliphatic rings. The maximum Gasteiger partial charge on any atom is 0.338 e. The van der Waals surface area contributed by atoms with Crippen molar-refractivity contribution in [3.63, 3.8) is 0 Å². The van der Waals surface area contributed by atoms with Crippen molar-refractivity contribution >= 4 is 17.6 Å². The van der Waals surface area contributed by atoms with Gasteiger partial charge in [0.1, 0.15) is 12.4 Å². The fourth-order valence-electron chi connectivity index (χ4n) is 3.17. The number of anilines is 1. The number of aromatic nitrogens is 3. The molecule has 0 unspecified atom stereocenters. The molecular formula is C20H15N5O2. The molecule has 0 saturated carbocycles. The van der Waals surface area contributed by atoms with Crippen LogP contribution < -0.4 is 5.32 Å². The number of benzene rings is 2. The van der Waals surface area contributed by atoms with Gasteiger partial charge in [-0.2, -0.15) is 15.3 Å². The average Bonchev–Trinajstić information content (AvgIpc) is 3.21. The molecule has 1 atom stereocenters. The Morgan fingerprint density at radius 2 is 1.93 bits per heavy atom. The van der Waals surface area contributed by atoms with Crippen LogP contribution in [0.1, 0.15) is 22.7 Å². The predicted molar refractivity (Wildman–Crippen MR) is 98.3 cm³/mol. The highest BCUT2D eigenvalue weighted by Crippen LogP contribution is 2.38. The van der Waals surface area contributed by atoms with Crippen LogP contribution in [0.4, 0.5) is 5.95 Å². The van der Waals surface area contributed by atoms with Crippen LogP contribution in [-0.4, -0.2) is 27.8 Å². The lowest BCUT2D eigenvalue weighted by Gasteiger charge is -2.29. The number of nitrogens with one attached hydrogen (secondary N) is 1. The molecule has 1 aromatic heterocycles. The van der Waals surface area contributed by atoms with E-state index in [1.807, 2.05) is 42.5 Å². The summed E-state index contributed by atoms with van der Waals surface area (Å²) in [5, 5.41) is 16.5. The molecule has 7 heteroatoms. The summed E-state index contributed by atoms with van der Waals surface area (Å²) in [6.07, 6.45) is 1.43. The summed E-state index contributed by atoms with van der Waals surface area (Å²) in [6, 6.07) is 18.1. The zero-order valence-electron chi connectivity index (χ0n) is 14.5. The Morgan fingerprint density at radius 1 is 1.19 bits per heavy atom. The van der Waals surface area contributed by atoms with Crippen molar-refractivity contribution in [1.82, 2.24) is 14.8 Å². The Labute approximate surface area is 155 Å². The van der Waals surface area contributed by atoms with Crippen LogP contribution in [0.3, 0.4) is 0 Å². The van der Waals surface area contributed by atoms with Crippen molar-refractivity contribution < 1.29 is 9.53 Å². The van der Waals surface area contributed by atoms with E-state index in [0.29, 0.717) is 22.8 Å². The van der Waals surface area contributed by atoms with Crippen molar-refractivity contribution in [3.8, 4) is 6.07 Å². The van der Waals surface area contributed by atoms with Crippen LogP contribution in [0.15, 0.2) is 66.5 Å². The summed E-state index contributed by atoms with van der Waals surface area (Å²) in [5.41, 5.74) is 3.23. The number of hydrogen-bond acceptors (Lipinski definition) is 6.